The lowest BCUT2D eigenvalue weighted by atomic mass is 10.00. The quantitative estimate of drug-likeness (QED) is 0.251. The number of aryl methyl sites for hydroxylation is 2. The number of fused-ring (bicyclic) bond motifs is 2. The van der Waals surface area contributed by atoms with Gasteiger partial charge in [0.05, 0.1) is 18.3 Å². The second-order valence-corrected chi connectivity index (χ2v) is 9.14. The highest BCUT2D eigenvalue weighted by molar-refractivity contribution is 7.97. The molecule has 172 valence electrons. The highest BCUT2D eigenvalue weighted by Gasteiger charge is 2.12. The topological polar surface area (TPSA) is 101 Å². The Bertz CT molecular complexity index is 1470. The lowest BCUT2D eigenvalue weighted by Crippen LogP contribution is -2.10. The zero-order valence-electron chi connectivity index (χ0n) is 19.1. The maximum atomic E-state index is 13.6. The molecule has 2 N–H and O–H groups in total. The third-order valence-corrected chi connectivity index (χ3v) is 6.61. The normalized spacial score (nSPS) is 15.9. The van der Waals surface area contributed by atoms with Crippen molar-refractivity contribution >= 4 is 28.9 Å². The third-order valence-electron chi connectivity index (χ3n) is 5.75. The average Bonchev–Trinajstić information content (AvgIpc) is 3.41. The highest BCUT2D eigenvalue weighted by atomic mass is 32.2. The van der Waals surface area contributed by atoms with Crippen LogP contribution in [0.1, 0.15) is 29.2 Å². The molecule has 0 unspecified atom stereocenters. The SMILES string of the molecule is Cc1nc(CNSC/C2=C/Cc3c(ccc4ncc(-c5cnn(C)c5)cc4c3=O)/C=C\C2)n[nH]1. The summed E-state index contributed by atoms with van der Waals surface area (Å²) >= 11 is 1.63. The lowest BCUT2D eigenvalue weighted by Gasteiger charge is -2.09. The van der Waals surface area contributed by atoms with Crippen molar-refractivity contribution in [3.05, 3.63) is 87.5 Å². The fourth-order valence-electron chi connectivity index (χ4n) is 3.96. The van der Waals surface area contributed by atoms with Crippen molar-refractivity contribution < 1.29 is 0 Å². The largest absolute Gasteiger partial charge is 0.289 e. The Morgan fingerprint density at radius 2 is 2.12 bits per heavy atom. The number of allylic oxidation sites excluding steroid dienone is 2. The van der Waals surface area contributed by atoms with Gasteiger partial charge in [0.1, 0.15) is 5.82 Å². The molecule has 34 heavy (non-hydrogen) atoms. The molecule has 5 rings (SSSR count). The molecular formula is C25H25N7OS. The van der Waals surface area contributed by atoms with E-state index in [-0.39, 0.29) is 5.43 Å². The Balaban J connectivity index is 1.38. The standard InChI is InChI=1S/C25H25N7OS/c1-16-29-24(31-30-16)13-28-34-15-17-4-3-5-18-7-9-23-22(25(33)21(18)8-6-17)10-19(11-26-23)20-12-27-32(2)14-20/h3,5-7,9-12,14,28H,4,8,13,15H2,1-2H3,(H,29,30,31)/b5-3-,17-6+. The minimum Gasteiger partial charge on any atom is -0.289 e. The van der Waals surface area contributed by atoms with Crippen LogP contribution in [0.5, 0.6) is 0 Å². The molecule has 4 aromatic rings. The summed E-state index contributed by atoms with van der Waals surface area (Å²) in [4.78, 5) is 22.5. The Hall–Kier alpha value is -3.56. The summed E-state index contributed by atoms with van der Waals surface area (Å²) in [6.45, 7) is 2.48. The molecule has 8 nitrogen and oxygen atoms in total. The summed E-state index contributed by atoms with van der Waals surface area (Å²) in [5, 5.41) is 11.9. The molecule has 9 heteroatoms. The second kappa shape index (κ2) is 9.74. The van der Waals surface area contributed by atoms with Gasteiger partial charge in [-0.15, -0.1) is 0 Å². The summed E-state index contributed by atoms with van der Waals surface area (Å²) in [7, 11) is 1.87. The predicted octanol–water partition coefficient (Wildman–Crippen LogP) is 3.75. The lowest BCUT2D eigenvalue weighted by molar-refractivity contribution is 0.768. The number of rotatable bonds is 6. The van der Waals surface area contributed by atoms with Gasteiger partial charge in [0.2, 0.25) is 0 Å². The van der Waals surface area contributed by atoms with Gasteiger partial charge in [0, 0.05) is 47.3 Å². The van der Waals surface area contributed by atoms with E-state index in [9.17, 15) is 4.79 Å². The van der Waals surface area contributed by atoms with Crippen molar-refractivity contribution in [1.29, 1.82) is 0 Å². The first-order valence-electron chi connectivity index (χ1n) is 11.1. The van der Waals surface area contributed by atoms with E-state index in [4.69, 9.17) is 0 Å². The summed E-state index contributed by atoms with van der Waals surface area (Å²) < 4.78 is 5.06. The van der Waals surface area contributed by atoms with Gasteiger partial charge in [0.15, 0.2) is 11.3 Å². The number of pyridine rings is 1. The molecule has 0 saturated carbocycles. The molecule has 0 amide bonds. The van der Waals surface area contributed by atoms with E-state index in [2.05, 4.69) is 48.2 Å². The highest BCUT2D eigenvalue weighted by Crippen LogP contribution is 2.23. The minimum atomic E-state index is 0.0288. The Labute approximate surface area is 201 Å². The molecule has 0 aliphatic heterocycles. The number of hydrogen-bond acceptors (Lipinski definition) is 7. The van der Waals surface area contributed by atoms with E-state index >= 15 is 0 Å². The monoisotopic (exact) mass is 471 g/mol. The van der Waals surface area contributed by atoms with Crippen molar-refractivity contribution in [2.24, 2.45) is 7.05 Å². The van der Waals surface area contributed by atoms with Gasteiger partial charge < -0.3 is 0 Å². The Morgan fingerprint density at radius 3 is 2.91 bits per heavy atom. The molecule has 1 aliphatic carbocycles. The molecular weight excluding hydrogens is 446 g/mol. The van der Waals surface area contributed by atoms with Crippen LogP contribution in [0.2, 0.25) is 0 Å². The molecule has 0 bridgehead atoms. The van der Waals surface area contributed by atoms with E-state index in [1.165, 1.54) is 5.57 Å². The van der Waals surface area contributed by atoms with E-state index in [1.807, 2.05) is 38.4 Å². The van der Waals surface area contributed by atoms with Crippen LogP contribution in [0.25, 0.3) is 28.1 Å². The first kappa shape index (κ1) is 22.2. The van der Waals surface area contributed by atoms with Crippen LogP contribution in [0.4, 0.5) is 0 Å². The van der Waals surface area contributed by atoms with Crippen molar-refractivity contribution in [3.63, 3.8) is 0 Å². The first-order chi connectivity index (χ1) is 16.6. The zero-order valence-corrected chi connectivity index (χ0v) is 19.9. The van der Waals surface area contributed by atoms with Crippen LogP contribution >= 0.6 is 11.9 Å². The number of nitrogens with zero attached hydrogens (tertiary/aromatic N) is 5. The maximum absolute atomic E-state index is 13.6. The minimum absolute atomic E-state index is 0.0288. The van der Waals surface area contributed by atoms with Crippen molar-refractivity contribution in [2.45, 2.75) is 26.3 Å². The molecule has 3 heterocycles. The summed E-state index contributed by atoms with van der Waals surface area (Å²) in [6, 6.07) is 5.86. The Kier molecular flexibility index (Phi) is 6.37. The fraction of sp³-hybridized carbons (Fsp3) is 0.240. The van der Waals surface area contributed by atoms with Gasteiger partial charge in [-0.3, -0.25) is 24.3 Å². The third kappa shape index (κ3) is 4.85. The van der Waals surface area contributed by atoms with Crippen LogP contribution in [0, 0.1) is 6.92 Å². The van der Waals surface area contributed by atoms with Gasteiger partial charge in [-0.2, -0.15) is 10.2 Å². The fourth-order valence-corrected chi connectivity index (χ4v) is 4.71. The summed E-state index contributed by atoms with van der Waals surface area (Å²) in [5.41, 5.74) is 5.58. The van der Waals surface area contributed by atoms with E-state index < -0.39 is 0 Å². The van der Waals surface area contributed by atoms with E-state index in [1.54, 1.807) is 29.0 Å². The molecule has 0 saturated heterocycles. The summed E-state index contributed by atoms with van der Waals surface area (Å²) in [6.07, 6.45) is 13.3. The maximum Gasteiger partial charge on any atom is 0.192 e. The van der Waals surface area contributed by atoms with Gasteiger partial charge in [0.25, 0.3) is 0 Å². The van der Waals surface area contributed by atoms with Gasteiger partial charge >= 0.3 is 0 Å². The van der Waals surface area contributed by atoms with Crippen LogP contribution in [0.3, 0.4) is 0 Å². The number of H-pyrrole nitrogens is 1. The molecule has 0 spiro atoms. The van der Waals surface area contributed by atoms with Crippen molar-refractivity contribution in [2.75, 3.05) is 5.75 Å². The first-order valence-corrected chi connectivity index (χ1v) is 12.1. The van der Waals surface area contributed by atoms with Gasteiger partial charge in [-0.25, -0.2) is 4.98 Å². The smallest absolute Gasteiger partial charge is 0.192 e. The molecule has 3 aromatic heterocycles. The molecule has 0 atom stereocenters. The van der Waals surface area contributed by atoms with E-state index in [0.29, 0.717) is 23.9 Å². The Morgan fingerprint density at radius 1 is 1.21 bits per heavy atom. The molecule has 0 radical (unpaired) electrons. The number of aromatic nitrogens is 6. The van der Waals surface area contributed by atoms with Crippen molar-refractivity contribution in [3.8, 4) is 11.1 Å². The molecule has 0 fully saturated rings. The molecule has 1 aliphatic rings. The zero-order chi connectivity index (χ0) is 23.5. The summed E-state index contributed by atoms with van der Waals surface area (Å²) in [5.74, 6) is 2.38. The van der Waals surface area contributed by atoms with Gasteiger partial charge in [-0.1, -0.05) is 41.8 Å². The predicted molar refractivity (Wildman–Crippen MR) is 136 cm³/mol. The molecule has 1 aromatic carbocycles. The van der Waals surface area contributed by atoms with Crippen LogP contribution in [-0.2, 0) is 20.0 Å². The van der Waals surface area contributed by atoms with E-state index in [0.717, 1.165) is 46.1 Å². The van der Waals surface area contributed by atoms with Crippen LogP contribution in [0.15, 0.2) is 59.3 Å². The van der Waals surface area contributed by atoms with Gasteiger partial charge in [-0.05, 0) is 37.5 Å². The number of nitrogens with one attached hydrogen (secondary N) is 2. The van der Waals surface area contributed by atoms with Crippen LogP contribution < -0.4 is 10.2 Å². The number of hydrogen-bond donors (Lipinski definition) is 2. The van der Waals surface area contributed by atoms with Crippen molar-refractivity contribution in [1.82, 2.24) is 34.7 Å². The van der Waals surface area contributed by atoms with Crippen LogP contribution in [-0.4, -0.2) is 35.7 Å². The second-order valence-electron chi connectivity index (χ2n) is 8.28. The number of aromatic amines is 1. The average molecular weight is 472 g/mol.